The Morgan fingerprint density at radius 1 is 1.73 bits per heavy atom. The maximum absolute atomic E-state index is 11.3. The van der Waals surface area contributed by atoms with Crippen molar-refractivity contribution in [2.24, 2.45) is 0 Å². The van der Waals surface area contributed by atoms with Crippen LogP contribution in [0.1, 0.15) is 19.3 Å². The van der Waals surface area contributed by atoms with E-state index in [2.05, 4.69) is 0 Å². The van der Waals surface area contributed by atoms with Crippen LogP contribution < -0.4 is 0 Å². The highest BCUT2D eigenvalue weighted by Crippen LogP contribution is 2.16. The molecular formula is C11H15ClO3. The molecule has 2 atom stereocenters. The molecule has 0 aliphatic carbocycles. The predicted octanol–water partition coefficient (Wildman–Crippen LogP) is 1.79. The van der Waals surface area contributed by atoms with Crippen LogP contribution in [0, 0.1) is 0 Å². The second kappa shape index (κ2) is 6.64. The first-order chi connectivity index (χ1) is 7.24. The van der Waals surface area contributed by atoms with Crippen LogP contribution in [0.2, 0.25) is 0 Å². The average Bonchev–Trinajstić information content (AvgIpc) is 2.27. The van der Waals surface area contributed by atoms with E-state index < -0.39 is 6.10 Å². The number of hydrogen-bond acceptors (Lipinski definition) is 3. The van der Waals surface area contributed by atoms with Crippen LogP contribution in [0.3, 0.4) is 0 Å². The number of ether oxygens (including phenoxy) is 1. The Morgan fingerprint density at radius 2 is 2.53 bits per heavy atom. The van der Waals surface area contributed by atoms with Gasteiger partial charge in [-0.1, -0.05) is 6.08 Å². The molecule has 0 bridgehead atoms. The van der Waals surface area contributed by atoms with Gasteiger partial charge in [-0.3, -0.25) is 4.79 Å². The third-order valence-electron chi connectivity index (χ3n) is 2.20. The lowest BCUT2D eigenvalue weighted by Gasteiger charge is -2.23. The van der Waals surface area contributed by atoms with Crippen molar-refractivity contribution < 1.29 is 14.6 Å². The van der Waals surface area contributed by atoms with Gasteiger partial charge in [-0.15, -0.1) is 11.6 Å². The summed E-state index contributed by atoms with van der Waals surface area (Å²) in [6.45, 7) is 0. The molecule has 0 amide bonds. The summed E-state index contributed by atoms with van der Waals surface area (Å²) in [4.78, 5) is 11.3. The van der Waals surface area contributed by atoms with Crippen molar-refractivity contribution in [1.29, 1.82) is 0 Å². The van der Waals surface area contributed by atoms with Crippen molar-refractivity contribution in [1.82, 2.24) is 0 Å². The number of aliphatic hydroxyl groups excluding tert-OH is 1. The van der Waals surface area contributed by atoms with Crippen molar-refractivity contribution in [2.75, 3.05) is 5.88 Å². The molecule has 4 heteroatoms. The normalized spacial score (nSPS) is 22.7. The predicted molar refractivity (Wildman–Crippen MR) is 58.7 cm³/mol. The Bertz CT molecular complexity index is 261. The number of hydrogen-bond donors (Lipinski definition) is 1. The third kappa shape index (κ3) is 4.49. The molecule has 3 nitrogen and oxygen atoms in total. The van der Waals surface area contributed by atoms with Crippen LogP contribution in [-0.4, -0.2) is 29.0 Å². The highest BCUT2D eigenvalue weighted by molar-refractivity contribution is 6.19. The Balaban J connectivity index is 2.34. The van der Waals surface area contributed by atoms with Crippen molar-refractivity contribution in [2.45, 2.75) is 31.5 Å². The van der Waals surface area contributed by atoms with Gasteiger partial charge in [0, 0.05) is 12.3 Å². The van der Waals surface area contributed by atoms with Gasteiger partial charge in [0.1, 0.15) is 6.10 Å². The fraction of sp³-hybridized carbons (Fsp3) is 0.545. The van der Waals surface area contributed by atoms with Crippen molar-refractivity contribution in [3.63, 3.8) is 0 Å². The molecule has 1 N–H and O–H groups in total. The summed E-state index contributed by atoms with van der Waals surface area (Å²) in [5.41, 5.74) is 0. The minimum Gasteiger partial charge on any atom is -0.496 e. The smallest absolute Gasteiger partial charge is 0.158 e. The number of rotatable bonds is 5. The Kier molecular flexibility index (Phi) is 5.43. The number of carbonyl (C=O) groups is 1. The maximum atomic E-state index is 11.3. The number of ketones is 1. The molecule has 0 aromatic heterocycles. The van der Waals surface area contributed by atoms with E-state index >= 15 is 0 Å². The number of alkyl halides is 1. The molecule has 0 aromatic carbocycles. The molecule has 0 spiro atoms. The summed E-state index contributed by atoms with van der Waals surface area (Å²) in [6.07, 6.45) is 7.18. The number of carbonyl (C=O) groups excluding carboxylic acids is 1. The van der Waals surface area contributed by atoms with Crippen LogP contribution in [0.15, 0.2) is 24.5 Å². The second-order valence-corrected chi connectivity index (χ2v) is 3.73. The summed E-state index contributed by atoms with van der Waals surface area (Å²) in [6, 6.07) is 0. The van der Waals surface area contributed by atoms with Gasteiger partial charge in [0.15, 0.2) is 5.78 Å². The molecule has 2 unspecified atom stereocenters. The lowest BCUT2D eigenvalue weighted by molar-refractivity contribution is -0.118. The molecule has 0 saturated carbocycles. The van der Waals surface area contributed by atoms with Gasteiger partial charge in [0.2, 0.25) is 0 Å². The third-order valence-corrected chi connectivity index (χ3v) is 2.38. The summed E-state index contributed by atoms with van der Waals surface area (Å²) in [5.74, 6) is 0.186. The molecule has 1 heterocycles. The highest BCUT2D eigenvalue weighted by Gasteiger charge is 2.22. The molecule has 1 aliphatic rings. The Morgan fingerprint density at radius 3 is 3.13 bits per heavy atom. The zero-order valence-electron chi connectivity index (χ0n) is 8.43. The van der Waals surface area contributed by atoms with Crippen LogP contribution in [0.5, 0.6) is 0 Å². The van der Waals surface area contributed by atoms with Gasteiger partial charge in [-0.05, 0) is 25.0 Å². The van der Waals surface area contributed by atoms with Gasteiger partial charge in [-0.2, -0.15) is 0 Å². The first kappa shape index (κ1) is 12.3. The average molecular weight is 231 g/mol. The van der Waals surface area contributed by atoms with E-state index in [-0.39, 0.29) is 18.3 Å². The van der Waals surface area contributed by atoms with E-state index in [4.69, 9.17) is 16.3 Å². The lowest BCUT2D eigenvalue weighted by atomic mass is 10.0. The van der Waals surface area contributed by atoms with Gasteiger partial charge in [0.25, 0.3) is 0 Å². The van der Waals surface area contributed by atoms with Gasteiger partial charge < -0.3 is 9.84 Å². The van der Waals surface area contributed by atoms with E-state index in [1.54, 1.807) is 12.3 Å². The SMILES string of the molecule is O=C(C=CCCl)CC(O)C1CCC=CO1. The fourth-order valence-electron chi connectivity index (χ4n) is 1.42. The fourth-order valence-corrected chi connectivity index (χ4v) is 1.51. The summed E-state index contributed by atoms with van der Waals surface area (Å²) >= 11 is 5.40. The van der Waals surface area contributed by atoms with Crippen LogP contribution in [0.4, 0.5) is 0 Å². The molecule has 15 heavy (non-hydrogen) atoms. The molecule has 0 radical (unpaired) electrons. The summed E-state index contributed by atoms with van der Waals surface area (Å²) < 4.78 is 5.21. The van der Waals surface area contributed by atoms with Crippen molar-refractivity contribution in [3.05, 3.63) is 24.5 Å². The van der Waals surface area contributed by atoms with Crippen molar-refractivity contribution in [3.8, 4) is 0 Å². The molecule has 0 aromatic rings. The number of halogens is 1. The molecule has 84 valence electrons. The molecular weight excluding hydrogens is 216 g/mol. The second-order valence-electron chi connectivity index (χ2n) is 3.42. The largest absolute Gasteiger partial charge is 0.496 e. The van der Waals surface area contributed by atoms with Gasteiger partial charge in [-0.25, -0.2) is 0 Å². The van der Waals surface area contributed by atoms with Crippen LogP contribution >= 0.6 is 11.6 Å². The van der Waals surface area contributed by atoms with E-state index in [9.17, 15) is 9.90 Å². The molecule has 1 rings (SSSR count). The standard InChI is InChI=1S/C11H15ClO3/c12-6-3-4-9(13)8-10(14)11-5-1-2-7-15-11/h2-4,7,10-11,14H,1,5-6,8H2. The van der Waals surface area contributed by atoms with Gasteiger partial charge >= 0.3 is 0 Å². The number of allylic oxidation sites excluding steroid dienone is 3. The zero-order valence-corrected chi connectivity index (χ0v) is 9.19. The topological polar surface area (TPSA) is 46.5 Å². The lowest BCUT2D eigenvalue weighted by Crippen LogP contribution is -2.30. The first-order valence-corrected chi connectivity index (χ1v) is 5.51. The van der Waals surface area contributed by atoms with E-state index in [1.807, 2.05) is 6.08 Å². The van der Waals surface area contributed by atoms with E-state index in [1.165, 1.54) is 6.08 Å². The minimum atomic E-state index is -0.734. The monoisotopic (exact) mass is 230 g/mol. The number of aliphatic hydroxyl groups is 1. The van der Waals surface area contributed by atoms with E-state index in [0.29, 0.717) is 5.88 Å². The van der Waals surface area contributed by atoms with E-state index in [0.717, 1.165) is 12.8 Å². The quantitative estimate of drug-likeness (QED) is 0.579. The van der Waals surface area contributed by atoms with Gasteiger partial charge in [0.05, 0.1) is 12.4 Å². The molecule has 0 fully saturated rings. The zero-order chi connectivity index (χ0) is 11.1. The first-order valence-electron chi connectivity index (χ1n) is 4.98. The van der Waals surface area contributed by atoms with Crippen molar-refractivity contribution >= 4 is 17.4 Å². The minimum absolute atomic E-state index is 0.0892. The molecule has 0 saturated heterocycles. The van der Waals surface area contributed by atoms with Crippen LogP contribution in [0.25, 0.3) is 0 Å². The summed E-state index contributed by atoms with van der Waals surface area (Å²) in [5, 5.41) is 9.70. The Hall–Kier alpha value is -0.800. The molecule has 1 aliphatic heterocycles. The van der Waals surface area contributed by atoms with Crippen LogP contribution in [-0.2, 0) is 9.53 Å². The summed E-state index contributed by atoms with van der Waals surface area (Å²) in [7, 11) is 0. The Labute approximate surface area is 94.4 Å². The maximum Gasteiger partial charge on any atom is 0.158 e. The highest BCUT2D eigenvalue weighted by atomic mass is 35.5.